The maximum Gasteiger partial charge on any atom is 0.264 e. The van der Waals surface area contributed by atoms with E-state index >= 15 is 0 Å². The number of para-hydroxylation sites is 1. The molecule has 4 aromatic rings. The first-order chi connectivity index (χ1) is 14.0. The number of aromatic nitrogens is 4. The third-order valence-electron chi connectivity index (χ3n) is 5.16. The Kier molecular flexibility index (Phi) is 5.24. The van der Waals surface area contributed by atoms with Gasteiger partial charge in [0.1, 0.15) is 4.83 Å². The predicted octanol–water partition coefficient (Wildman–Crippen LogP) is 4.58. The van der Waals surface area contributed by atoms with E-state index in [-0.39, 0.29) is 5.91 Å². The van der Waals surface area contributed by atoms with Crippen molar-refractivity contribution in [1.82, 2.24) is 24.5 Å². The summed E-state index contributed by atoms with van der Waals surface area (Å²) in [6, 6.07) is 12.0. The molecule has 0 aliphatic heterocycles. The molecule has 0 aliphatic rings. The number of hydrogen-bond donors (Lipinski definition) is 0. The molecule has 6 nitrogen and oxygen atoms in total. The number of aryl methyl sites for hydroxylation is 3. The molecule has 0 bridgehead atoms. The summed E-state index contributed by atoms with van der Waals surface area (Å²) in [7, 11) is 0. The van der Waals surface area contributed by atoms with Crippen molar-refractivity contribution < 1.29 is 4.79 Å². The summed E-state index contributed by atoms with van der Waals surface area (Å²) in [5, 5.41) is 10.2. The second-order valence-electron chi connectivity index (χ2n) is 7.08. The number of benzene rings is 1. The van der Waals surface area contributed by atoms with Crippen molar-refractivity contribution in [3.8, 4) is 5.69 Å². The smallest absolute Gasteiger partial charge is 0.264 e. The molecular formula is C22H25N5OS. The highest BCUT2D eigenvalue weighted by Gasteiger charge is 2.22. The summed E-state index contributed by atoms with van der Waals surface area (Å²) in [4.78, 5) is 16.9. The van der Waals surface area contributed by atoms with Crippen molar-refractivity contribution in [3.05, 3.63) is 64.4 Å². The van der Waals surface area contributed by atoms with Crippen LogP contribution < -0.4 is 0 Å². The van der Waals surface area contributed by atoms with Crippen LogP contribution in [0, 0.1) is 13.8 Å². The molecule has 3 heterocycles. The minimum absolute atomic E-state index is 0.0522. The van der Waals surface area contributed by atoms with Crippen LogP contribution in [0.25, 0.3) is 15.9 Å². The van der Waals surface area contributed by atoms with Crippen LogP contribution in [0.1, 0.15) is 40.5 Å². The lowest BCUT2D eigenvalue weighted by Gasteiger charge is -2.19. The Morgan fingerprint density at radius 2 is 1.86 bits per heavy atom. The number of carbonyl (C=O) groups is 1. The molecule has 0 atom stereocenters. The van der Waals surface area contributed by atoms with Gasteiger partial charge in [-0.2, -0.15) is 10.2 Å². The summed E-state index contributed by atoms with van der Waals surface area (Å²) in [6.07, 6.45) is 2.04. The minimum atomic E-state index is 0.0522. The number of nitrogens with zero attached hydrogens (tertiary/aromatic N) is 5. The molecule has 0 saturated carbocycles. The zero-order valence-corrected chi connectivity index (χ0v) is 18.0. The van der Waals surface area contributed by atoms with E-state index in [2.05, 4.69) is 17.1 Å². The summed E-state index contributed by atoms with van der Waals surface area (Å²) in [6.45, 7) is 10.1. The van der Waals surface area contributed by atoms with Gasteiger partial charge < -0.3 is 4.90 Å². The molecule has 0 spiro atoms. The molecule has 4 rings (SSSR count). The molecule has 0 N–H and O–H groups in total. The van der Waals surface area contributed by atoms with Crippen molar-refractivity contribution >= 4 is 27.5 Å². The fourth-order valence-corrected chi connectivity index (χ4v) is 4.61. The minimum Gasteiger partial charge on any atom is -0.334 e. The van der Waals surface area contributed by atoms with Gasteiger partial charge in [0.2, 0.25) is 0 Å². The zero-order chi connectivity index (χ0) is 20.5. The Morgan fingerprint density at radius 3 is 2.52 bits per heavy atom. The van der Waals surface area contributed by atoms with E-state index in [1.165, 1.54) is 11.3 Å². The van der Waals surface area contributed by atoms with E-state index in [0.717, 1.165) is 44.3 Å². The Hall–Kier alpha value is -2.93. The third-order valence-corrected chi connectivity index (χ3v) is 6.26. The lowest BCUT2D eigenvalue weighted by molar-refractivity contribution is 0.0757. The lowest BCUT2D eigenvalue weighted by Crippen LogP contribution is -2.29. The number of amides is 1. The normalized spacial score (nSPS) is 11.3. The quantitative estimate of drug-likeness (QED) is 0.470. The fourth-order valence-electron chi connectivity index (χ4n) is 3.46. The third kappa shape index (κ3) is 3.58. The van der Waals surface area contributed by atoms with E-state index in [4.69, 9.17) is 0 Å². The summed E-state index contributed by atoms with van der Waals surface area (Å²) >= 11 is 1.50. The molecule has 0 fully saturated rings. The summed E-state index contributed by atoms with van der Waals surface area (Å²) in [5.74, 6) is 0.0522. The van der Waals surface area contributed by atoms with Crippen molar-refractivity contribution in [2.75, 3.05) is 6.54 Å². The molecule has 150 valence electrons. The van der Waals surface area contributed by atoms with Crippen LogP contribution in [0.2, 0.25) is 0 Å². The van der Waals surface area contributed by atoms with Crippen LogP contribution in [-0.2, 0) is 13.1 Å². The number of rotatable bonds is 6. The van der Waals surface area contributed by atoms with Crippen molar-refractivity contribution in [2.24, 2.45) is 0 Å². The highest BCUT2D eigenvalue weighted by molar-refractivity contribution is 7.20. The molecule has 3 aromatic heterocycles. The SMILES string of the molecule is CCN(Cc1cn(CC)nc1C)C(=O)c1cc2c(C)nn(-c3ccccc3)c2s1. The molecule has 0 radical (unpaired) electrons. The van der Waals surface area contributed by atoms with Crippen LogP contribution in [-0.4, -0.2) is 36.9 Å². The van der Waals surface area contributed by atoms with Crippen LogP contribution in [0.15, 0.2) is 42.6 Å². The van der Waals surface area contributed by atoms with E-state index in [1.54, 1.807) is 0 Å². The van der Waals surface area contributed by atoms with Crippen LogP contribution in [0.4, 0.5) is 0 Å². The van der Waals surface area contributed by atoms with Gasteiger partial charge in [-0.25, -0.2) is 4.68 Å². The molecule has 0 aliphatic carbocycles. The molecule has 0 saturated heterocycles. The van der Waals surface area contributed by atoms with Gasteiger partial charge in [0.05, 0.1) is 22.0 Å². The van der Waals surface area contributed by atoms with Crippen molar-refractivity contribution in [3.63, 3.8) is 0 Å². The summed E-state index contributed by atoms with van der Waals surface area (Å²) in [5.41, 5.74) is 4.00. The number of fused-ring (bicyclic) bond motifs is 1. The molecule has 1 aromatic carbocycles. The first kappa shape index (κ1) is 19.4. The van der Waals surface area contributed by atoms with Crippen LogP contribution in [0.3, 0.4) is 0 Å². The van der Waals surface area contributed by atoms with Crippen molar-refractivity contribution in [2.45, 2.75) is 40.8 Å². The number of hydrogen-bond acceptors (Lipinski definition) is 4. The van der Waals surface area contributed by atoms with E-state index in [1.807, 2.05) is 77.6 Å². The zero-order valence-electron chi connectivity index (χ0n) is 17.2. The van der Waals surface area contributed by atoms with Gasteiger partial charge in [-0.1, -0.05) is 18.2 Å². The van der Waals surface area contributed by atoms with E-state index in [0.29, 0.717) is 13.1 Å². The number of carbonyl (C=O) groups excluding carboxylic acids is 1. The lowest BCUT2D eigenvalue weighted by atomic mass is 10.2. The van der Waals surface area contributed by atoms with Gasteiger partial charge in [-0.15, -0.1) is 11.3 Å². The number of thiophene rings is 1. The van der Waals surface area contributed by atoms with E-state index in [9.17, 15) is 4.79 Å². The first-order valence-electron chi connectivity index (χ1n) is 9.88. The van der Waals surface area contributed by atoms with Gasteiger partial charge in [0.15, 0.2) is 0 Å². The predicted molar refractivity (Wildman–Crippen MR) is 117 cm³/mol. The fraction of sp³-hybridized carbons (Fsp3) is 0.318. The first-order valence-corrected chi connectivity index (χ1v) is 10.7. The summed E-state index contributed by atoms with van der Waals surface area (Å²) < 4.78 is 3.85. The largest absolute Gasteiger partial charge is 0.334 e. The average molecular weight is 408 g/mol. The topological polar surface area (TPSA) is 56.0 Å². The Balaban J connectivity index is 1.66. The average Bonchev–Trinajstić information content (AvgIpc) is 3.41. The standard InChI is InChI=1S/C22H25N5OS/c1-5-25(13-17-14-26(6-2)23-15(17)3)21(28)20-12-19-16(4)24-27(22(19)29-20)18-10-8-7-9-11-18/h7-12,14H,5-6,13H2,1-4H3. The second-order valence-corrected chi connectivity index (χ2v) is 8.11. The van der Waals surface area contributed by atoms with Crippen LogP contribution in [0.5, 0.6) is 0 Å². The van der Waals surface area contributed by atoms with Crippen molar-refractivity contribution in [1.29, 1.82) is 0 Å². The molecule has 0 unspecified atom stereocenters. The van der Waals surface area contributed by atoms with Gasteiger partial charge in [0, 0.05) is 36.8 Å². The Labute approximate surface area is 174 Å². The maximum absolute atomic E-state index is 13.3. The molecule has 29 heavy (non-hydrogen) atoms. The highest BCUT2D eigenvalue weighted by Crippen LogP contribution is 2.31. The van der Waals surface area contributed by atoms with E-state index < -0.39 is 0 Å². The van der Waals surface area contributed by atoms with Gasteiger partial charge >= 0.3 is 0 Å². The maximum atomic E-state index is 13.3. The monoisotopic (exact) mass is 407 g/mol. The second kappa shape index (κ2) is 7.83. The van der Waals surface area contributed by atoms with Crippen LogP contribution >= 0.6 is 11.3 Å². The Morgan fingerprint density at radius 1 is 1.10 bits per heavy atom. The van der Waals surface area contributed by atoms with Gasteiger partial charge in [-0.3, -0.25) is 9.48 Å². The molecule has 7 heteroatoms. The highest BCUT2D eigenvalue weighted by atomic mass is 32.1. The molecule has 1 amide bonds. The molecular weight excluding hydrogens is 382 g/mol. The van der Waals surface area contributed by atoms with Gasteiger partial charge in [0.25, 0.3) is 5.91 Å². The van der Waals surface area contributed by atoms with Gasteiger partial charge in [-0.05, 0) is 45.9 Å². The Bertz CT molecular complexity index is 1160.